The summed E-state index contributed by atoms with van der Waals surface area (Å²) >= 11 is 1.44. The molecule has 0 unspecified atom stereocenters. The van der Waals surface area contributed by atoms with Crippen LogP contribution in [0, 0.1) is 15.9 Å². The molecule has 88 valence electrons. The highest BCUT2D eigenvalue weighted by Crippen LogP contribution is 2.27. The zero-order valence-electron chi connectivity index (χ0n) is 8.67. The minimum Gasteiger partial charge on any atom is -0.320 e. The van der Waals surface area contributed by atoms with Gasteiger partial charge in [0.15, 0.2) is 0 Å². The lowest BCUT2D eigenvalue weighted by atomic mass is 10.0. The summed E-state index contributed by atoms with van der Waals surface area (Å²) in [6, 6.07) is 4.46. The average molecular weight is 252 g/mol. The van der Waals surface area contributed by atoms with E-state index in [0.29, 0.717) is 0 Å². The van der Waals surface area contributed by atoms with Crippen LogP contribution in [0.3, 0.4) is 0 Å². The van der Waals surface area contributed by atoms with Gasteiger partial charge in [0.1, 0.15) is 5.82 Å². The van der Waals surface area contributed by atoms with Crippen molar-refractivity contribution in [2.75, 3.05) is 0 Å². The second-order valence-electron chi connectivity index (χ2n) is 3.50. The number of nitrogens with zero attached hydrogens (tertiary/aromatic N) is 1. The standard InChI is InChI=1S/C11H9FN2O2S/c12-10-2-1-8(14(15)16)5-9(10)11(13)7-3-4-17-6-7/h1-6,11H,13H2/t11-/m1/s1. The second kappa shape index (κ2) is 4.60. The number of nitrogens with two attached hydrogens (primary N) is 1. The van der Waals surface area contributed by atoms with Gasteiger partial charge in [-0.1, -0.05) is 0 Å². The van der Waals surface area contributed by atoms with Crippen LogP contribution in [0.5, 0.6) is 0 Å². The summed E-state index contributed by atoms with van der Waals surface area (Å²) in [5, 5.41) is 14.2. The van der Waals surface area contributed by atoms with Crippen LogP contribution in [0.15, 0.2) is 35.0 Å². The average Bonchev–Trinajstić information content (AvgIpc) is 2.81. The van der Waals surface area contributed by atoms with Crippen LogP contribution in [-0.2, 0) is 0 Å². The lowest BCUT2D eigenvalue weighted by molar-refractivity contribution is -0.385. The first-order chi connectivity index (χ1) is 8.09. The summed E-state index contributed by atoms with van der Waals surface area (Å²) in [7, 11) is 0. The van der Waals surface area contributed by atoms with E-state index in [1.807, 2.05) is 5.38 Å². The Morgan fingerprint density at radius 1 is 1.41 bits per heavy atom. The lowest BCUT2D eigenvalue weighted by Crippen LogP contribution is -2.13. The molecule has 6 heteroatoms. The quantitative estimate of drug-likeness (QED) is 0.674. The highest BCUT2D eigenvalue weighted by molar-refractivity contribution is 7.08. The summed E-state index contributed by atoms with van der Waals surface area (Å²) in [6.07, 6.45) is 0. The fraction of sp³-hybridized carbons (Fsp3) is 0.0909. The van der Waals surface area contributed by atoms with E-state index >= 15 is 0 Å². The molecule has 2 aromatic rings. The molecule has 0 saturated carbocycles. The fourth-order valence-corrected chi connectivity index (χ4v) is 2.21. The van der Waals surface area contributed by atoms with E-state index in [4.69, 9.17) is 5.73 Å². The molecular weight excluding hydrogens is 243 g/mol. The van der Waals surface area contributed by atoms with Gasteiger partial charge in [-0.15, -0.1) is 0 Å². The van der Waals surface area contributed by atoms with Crippen LogP contribution < -0.4 is 5.73 Å². The molecule has 0 radical (unpaired) electrons. The highest BCUT2D eigenvalue weighted by atomic mass is 32.1. The van der Waals surface area contributed by atoms with Crippen molar-refractivity contribution < 1.29 is 9.31 Å². The Morgan fingerprint density at radius 3 is 2.76 bits per heavy atom. The summed E-state index contributed by atoms with van der Waals surface area (Å²) in [4.78, 5) is 10.1. The van der Waals surface area contributed by atoms with Gasteiger partial charge in [-0.05, 0) is 28.5 Å². The molecule has 1 aromatic carbocycles. The molecule has 4 nitrogen and oxygen atoms in total. The molecule has 0 spiro atoms. The van der Waals surface area contributed by atoms with Gasteiger partial charge in [0.25, 0.3) is 5.69 Å². The number of hydrogen-bond donors (Lipinski definition) is 1. The Bertz CT molecular complexity index is 542. The number of halogens is 1. The fourth-order valence-electron chi connectivity index (χ4n) is 1.51. The van der Waals surface area contributed by atoms with Gasteiger partial charge in [0.05, 0.1) is 11.0 Å². The third-order valence-corrected chi connectivity index (χ3v) is 3.13. The Morgan fingerprint density at radius 2 is 2.18 bits per heavy atom. The number of nitro groups is 1. The second-order valence-corrected chi connectivity index (χ2v) is 4.28. The van der Waals surface area contributed by atoms with Crippen LogP contribution in [0.4, 0.5) is 10.1 Å². The van der Waals surface area contributed by atoms with Gasteiger partial charge in [-0.3, -0.25) is 10.1 Å². The lowest BCUT2D eigenvalue weighted by Gasteiger charge is -2.11. The van der Waals surface area contributed by atoms with Gasteiger partial charge in [0, 0.05) is 17.7 Å². The summed E-state index contributed by atoms with van der Waals surface area (Å²) in [5.74, 6) is -0.533. The normalized spacial score (nSPS) is 12.4. The van der Waals surface area contributed by atoms with Crippen molar-refractivity contribution in [3.8, 4) is 0 Å². The zero-order valence-corrected chi connectivity index (χ0v) is 9.49. The van der Waals surface area contributed by atoms with E-state index in [-0.39, 0.29) is 11.3 Å². The molecule has 0 saturated heterocycles. The third-order valence-electron chi connectivity index (χ3n) is 2.43. The van der Waals surface area contributed by atoms with Crippen LogP contribution >= 0.6 is 11.3 Å². The van der Waals surface area contributed by atoms with E-state index < -0.39 is 16.8 Å². The van der Waals surface area contributed by atoms with Crippen LogP contribution in [0.2, 0.25) is 0 Å². The Hall–Kier alpha value is -1.79. The topological polar surface area (TPSA) is 69.2 Å². The van der Waals surface area contributed by atoms with Crippen LogP contribution in [0.1, 0.15) is 17.2 Å². The number of benzene rings is 1. The van der Waals surface area contributed by atoms with E-state index in [0.717, 1.165) is 17.7 Å². The number of thiophene rings is 1. The van der Waals surface area contributed by atoms with Crippen molar-refractivity contribution in [3.63, 3.8) is 0 Å². The zero-order chi connectivity index (χ0) is 12.4. The summed E-state index contributed by atoms with van der Waals surface area (Å²) in [5.41, 5.74) is 6.60. The minimum absolute atomic E-state index is 0.137. The van der Waals surface area contributed by atoms with Crippen molar-refractivity contribution in [1.82, 2.24) is 0 Å². The predicted molar refractivity (Wildman–Crippen MR) is 63.4 cm³/mol. The Balaban J connectivity index is 2.44. The van der Waals surface area contributed by atoms with Crippen LogP contribution in [0.25, 0.3) is 0 Å². The smallest absolute Gasteiger partial charge is 0.269 e. The van der Waals surface area contributed by atoms with Gasteiger partial charge in [0.2, 0.25) is 0 Å². The number of hydrogen-bond acceptors (Lipinski definition) is 4. The molecule has 0 aliphatic rings. The van der Waals surface area contributed by atoms with Crippen molar-refractivity contribution in [3.05, 3.63) is 62.1 Å². The SMILES string of the molecule is N[C@H](c1ccsc1)c1cc([N+](=O)[O-])ccc1F. The molecule has 1 aromatic heterocycles. The summed E-state index contributed by atoms with van der Waals surface area (Å²) in [6.45, 7) is 0. The molecule has 0 amide bonds. The number of nitro benzene ring substituents is 1. The first-order valence-electron chi connectivity index (χ1n) is 4.81. The first kappa shape index (κ1) is 11.7. The molecule has 1 atom stereocenters. The van der Waals surface area contributed by atoms with Gasteiger partial charge in [-0.25, -0.2) is 4.39 Å². The molecule has 1 heterocycles. The van der Waals surface area contributed by atoms with Gasteiger partial charge >= 0.3 is 0 Å². The molecule has 2 rings (SSSR count). The number of rotatable bonds is 3. The monoisotopic (exact) mass is 252 g/mol. The molecular formula is C11H9FN2O2S. The Labute approximate surface area is 101 Å². The van der Waals surface area contributed by atoms with E-state index in [2.05, 4.69) is 0 Å². The van der Waals surface area contributed by atoms with Crippen molar-refractivity contribution in [1.29, 1.82) is 0 Å². The van der Waals surface area contributed by atoms with E-state index in [9.17, 15) is 14.5 Å². The molecule has 0 fully saturated rings. The predicted octanol–water partition coefficient (Wildman–Crippen LogP) is 2.84. The maximum atomic E-state index is 13.6. The molecule has 2 N–H and O–H groups in total. The maximum absolute atomic E-state index is 13.6. The van der Waals surface area contributed by atoms with Crippen molar-refractivity contribution in [2.24, 2.45) is 5.73 Å². The molecule has 17 heavy (non-hydrogen) atoms. The van der Waals surface area contributed by atoms with E-state index in [1.165, 1.54) is 17.4 Å². The first-order valence-corrected chi connectivity index (χ1v) is 5.75. The van der Waals surface area contributed by atoms with Gasteiger partial charge in [-0.2, -0.15) is 11.3 Å². The number of non-ortho nitro benzene ring substituents is 1. The largest absolute Gasteiger partial charge is 0.320 e. The maximum Gasteiger partial charge on any atom is 0.269 e. The summed E-state index contributed by atoms with van der Waals surface area (Å²) < 4.78 is 13.6. The van der Waals surface area contributed by atoms with Crippen molar-refractivity contribution in [2.45, 2.75) is 6.04 Å². The molecule has 0 aliphatic carbocycles. The minimum atomic E-state index is -0.679. The molecule has 0 aliphatic heterocycles. The van der Waals surface area contributed by atoms with Crippen LogP contribution in [-0.4, -0.2) is 4.92 Å². The van der Waals surface area contributed by atoms with E-state index in [1.54, 1.807) is 11.4 Å². The highest BCUT2D eigenvalue weighted by Gasteiger charge is 2.17. The third kappa shape index (κ3) is 2.32. The molecule has 0 bridgehead atoms. The van der Waals surface area contributed by atoms with Crippen molar-refractivity contribution >= 4 is 17.0 Å². The Kier molecular flexibility index (Phi) is 3.16. The van der Waals surface area contributed by atoms with Gasteiger partial charge < -0.3 is 5.73 Å².